The fourth-order valence-corrected chi connectivity index (χ4v) is 2.16. The summed E-state index contributed by atoms with van der Waals surface area (Å²) in [6.45, 7) is 6.31. The fraction of sp³-hybridized carbons (Fsp3) is 0.500. The standard InChI is InChI=1S/C16H22FNO3/c1-11(2)10-18(8-7-15(19)20)16(21)12(3)13-5-4-6-14(17)9-13/h4-6,9,11-12H,7-8,10H2,1-3H3,(H,19,20). The van der Waals surface area contributed by atoms with Crippen LogP contribution < -0.4 is 0 Å². The number of hydrogen-bond donors (Lipinski definition) is 1. The molecule has 4 nitrogen and oxygen atoms in total. The van der Waals surface area contributed by atoms with Crippen LogP contribution in [0.5, 0.6) is 0 Å². The SMILES string of the molecule is CC(C)CN(CCC(=O)O)C(=O)C(C)c1cccc(F)c1. The van der Waals surface area contributed by atoms with Crippen molar-refractivity contribution in [3.05, 3.63) is 35.6 Å². The van der Waals surface area contributed by atoms with Crippen molar-refractivity contribution in [2.75, 3.05) is 13.1 Å². The number of carboxylic acid groups (broad SMARTS) is 1. The van der Waals surface area contributed by atoms with E-state index < -0.39 is 11.9 Å². The van der Waals surface area contributed by atoms with Gasteiger partial charge in [0.05, 0.1) is 12.3 Å². The van der Waals surface area contributed by atoms with Gasteiger partial charge >= 0.3 is 5.97 Å². The summed E-state index contributed by atoms with van der Waals surface area (Å²) in [5.41, 5.74) is 0.601. The molecule has 0 heterocycles. The number of aliphatic carboxylic acids is 1. The average molecular weight is 295 g/mol. The third-order valence-electron chi connectivity index (χ3n) is 3.21. The maximum Gasteiger partial charge on any atom is 0.305 e. The molecule has 1 rings (SSSR count). The predicted octanol–water partition coefficient (Wildman–Crippen LogP) is 2.89. The van der Waals surface area contributed by atoms with Crippen molar-refractivity contribution in [3.8, 4) is 0 Å². The Labute approximate surface area is 124 Å². The molecule has 1 aromatic carbocycles. The number of halogens is 1. The molecule has 1 unspecified atom stereocenters. The van der Waals surface area contributed by atoms with E-state index in [9.17, 15) is 14.0 Å². The molecule has 0 spiro atoms. The highest BCUT2D eigenvalue weighted by Gasteiger charge is 2.23. The van der Waals surface area contributed by atoms with Gasteiger partial charge in [-0.3, -0.25) is 9.59 Å². The van der Waals surface area contributed by atoms with Crippen LogP contribution in [0.2, 0.25) is 0 Å². The first-order valence-corrected chi connectivity index (χ1v) is 7.07. The molecule has 1 atom stereocenters. The van der Waals surface area contributed by atoms with Gasteiger partial charge in [-0.25, -0.2) is 4.39 Å². The maximum absolute atomic E-state index is 13.3. The number of carboxylic acids is 1. The van der Waals surface area contributed by atoms with Crippen LogP contribution in [0.25, 0.3) is 0 Å². The minimum absolute atomic E-state index is 0.0890. The zero-order chi connectivity index (χ0) is 16.0. The average Bonchev–Trinajstić information content (AvgIpc) is 2.41. The van der Waals surface area contributed by atoms with Gasteiger partial charge in [0.2, 0.25) is 5.91 Å². The van der Waals surface area contributed by atoms with Crippen LogP contribution in [0, 0.1) is 11.7 Å². The van der Waals surface area contributed by atoms with Gasteiger partial charge in [0.25, 0.3) is 0 Å². The third-order valence-corrected chi connectivity index (χ3v) is 3.21. The number of amides is 1. The molecule has 0 bridgehead atoms. The summed E-state index contributed by atoms with van der Waals surface area (Å²) >= 11 is 0. The second-order valence-corrected chi connectivity index (χ2v) is 5.60. The van der Waals surface area contributed by atoms with Gasteiger partial charge in [0, 0.05) is 13.1 Å². The van der Waals surface area contributed by atoms with E-state index in [1.807, 2.05) is 13.8 Å². The van der Waals surface area contributed by atoms with E-state index in [1.54, 1.807) is 24.0 Å². The normalized spacial score (nSPS) is 12.2. The lowest BCUT2D eigenvalue weighted by atomic mass is 9.99. The van der Waals surface area contributed by atoms with Gasteiger partial charge in [0.15, 0.2) is 0 Å². The number of carbonyl (C=O) groups excluding carboxylic acids is 1. The molecule has 5 heteroatoms. The van der Waals surface area contributed by atoms with Gasteiger partial charge in [-0.05, 0) is 30.5 Å². The van der Waals surface area contributed by atoms with Crippen LogP contribution in [-0.2, 0) is 9.59 Å². The predicted molar refractivity (Wildman–Crippen MR) is 78.5 cm³/mol. The van der Waals surface area contributed by atoms with Crippen LogP contribution in [0.1, 0.15) is 38.7 Å². The van der Waals surface area contributed by atoms with E-state index in [-0.39, 0.29) is 30.6 Å². The second-order valence-electron chi connectivity index (χ2n) is 5.60. The molecular formula is C16H22FNO3. The molecule has 1 aromatic rings. The van der Waals surface area contributed by atoms with Gasteiger partial charge in [0.1, 0.15) is 5.82 Å². The van der Waals surface area contributed by atoms with Crippen LogP contribution in [0.3, 0.4) is 0 Å². The summed E-state index contributed by atoms with van der Waals surface area (Å²) in [5, 5.41) is 8.78. The van der Waals surface area contributed by atoms with E-state index in [1.165, 1.54) is 12.1 Å². The Hall–Kier alpha value is -1.91. The molecular weight excluding hydrogens is 273 g/mol. The molecule has 0 aliphatic carbocycles. The Kier molecular flexibility index (Phi) is 6.34. The van der Waals surface area contributed by atoms with Gasteiger partial charge in [-0.1, -0.05) is 26.0 Å². The number of carbonyl (C=O) groups is 2. The van der Waals surface area contributed by atoms with Gasteiger partial charge in [-0.15, -0.1) is 0 Å². The molecule has 21 heavy (non-hydrogen) atoms. The van der Waals surface area contributed by atoms with Gasteiger partial charge < -0.3 is 10.0 Å². The van der Waals surface area contributed by atoms with Crippen molar-refractivity contribution in [3.63, 3.8) is 0 Å². The number of hydrogen-bond acceptors (Lipinski definition) is 2. The molecule has 0 aliphatic heterocycles. The Morgan fingerprint density at radius 3 is 2.48 bits per heavy atom. The molecule has 0 saturated carbocycles. The fourth-order valence-electron chi connectivity index (χ4n) is 2.16. The summed E-state index contributed by atoms with van der Waals surface area (Å²) in [6.07, 6.45) is -0.0890. The van der Waals surface area contributed by atoms with Crippen LogP contribution >= 0.6 is 0 Å². The van der Waals surface area contributed by atoms with Crippen LogP contribution in [0.15, 0.2) is 24.3 Å². The van der Waals surface area contributed by atoms with Crippen molar-refractivity contribution in [1.29, 1.82) is 0 Å². The lowest BCUT2D eigenvalue weighted by Gasteiger charge is -2.27. The largest absolute Gasteiger partial charge is 0.481 e. The van der Waals surface area contributed by atoms with E-state index in [0.29, 0.717) is 12.1 Å². The lowest BCUT2D eigenvalue weighted by molar-refractivity contribution is -0.139. The third kappa shape index (κ3) is 5.53. The smallest absolute Gasteiger partial charge is 0.305 e. The summed E-state index contributed by atoms with van der Waals surface area (Å²) in [4.78, 5) is 24.8. The summed E-state index contributed by atoms with van der Waals surface area (Å²) < 4.78 is 13.3. The lowest BCUT2D eigenvalue weighted by Crippen LogP contribution is -2.38. The minimum Gasteiger partial charge on any atom is -0.481 e. The molecule has 1 amide bonds. The van der Waals surface area contributed by atoms with Crippen molar-refractivity contribution in [2.24, 2.45) is 5.92 Å². The minimum atomic E-state index is -0.935. The maximum atomic E-state index is 13.3. The molecule has 0 fully saturated rings. The molecule has 0 radical (unpaired) electrons. The van der Waals surface area contributed by atoms with Crippen molar-refractivity contribution >= 4 is 11.9 Å². The van der Waals surface area contributed by atoms with Gasteiger partial charge in [-0.2, -0.15) is 0 Å². The van der Waals surface area contributed by atoms with Crippen LogP contribution in [0.4, 0.5) is 4.39 Å². The highest BCUT2D eigenvalue weighted by atomic mass is 19.1. The first-order valence-electron chi connectivity index (χ1n) is 7.07. The molecule has 0 aromatic heterocycles. The molecule has 1 N–H and O–H groups in total. The first-order chi connectivity index (χ1) is 9.81. The zero-order valence-electron chi connectivity index (χ0n) is 12.7. The monoisotopic (exact) mass is 295 g/mol. The van der Waals surface area contributed by atoms with E-state index >= 15 is 0 Å². The highest BCUT2D eigenvalue weighted by Crippen LogP contribution is 2.19. The van der Waals surface area contributed by atoms with Crippen molar-refractivity contribution in [1.82, 2.24) is 4.90 Å². The van der Waals surface area contributed by atoms with Crippen LogP contribution in [-0.4, -0.2) is 35.0 Å². The van der Waals surface area contributed by atoms with E-state index in [0.717, 1.165) is 0 Å². The Morgan fingerprint density at radius 1 is 1.29 bits per heavy atom. The summed E-state index contributed by atoms with van der Waals surface area (Å²) in [7, 11) is 0. The quantitative estimate of drug-likeness (QED) is 0.841. The Morgan fingerprint density at radius 2 is 1.95 bits per heavy atom. The topological polar surface area (TPSA) is 57.6 Å². The molecule has 0 saturated heterocycles. The molecule has 116 valence electrons. The first kappa shape index (κ1) is 17.1. The molecule has 0 aliphatic rings. The number of benzene rings is 1. The van der Waals surface area contributed by atoms with Crippen molar-refractivity contribution < 1.29 is 19.1 Å². The van der Waals surface area contributed by atoms with E-state index in [4.69, 9.17) is 5.11 Å². The number of rotatable bonds is 7. The van der Waals surface area contributed by atoms with E-state index in [2.05, 4.69) is 0 Å². The summed E-state index contributed by atoms with van der Waals surface area (Å²) in [5.74, 6) is -1.74. The zero-order valence-corrected chi connectivity index (χ0v) is 12.7. The highest BCUT2D eigenvalue weighted by molar-refractivity contribution is 5.83. The second kappa shape index (κ2) is 7.76. The number of nitrogens with zero attached hydrogens (tertiary/aromatic N) is 1. The Bertz CT molecular complexity index is 502. The van der Waals surface area contributed by atoms with Crippen molar-refractivity contribution in [2.45, 2.75) is 33.1 Å². The Balaban J connectivity index is 2.85. The summed E-state index contributed by atoms with van der Waals surface area (Å²) in [6, 6.07) is 5.94.